The number of ether oxygens (including phenoxy) is 3. The second-order valence-corrected chi connectivity index (χ2v) is 14.6. The molecule has 0 fully saturated rings. The summed E-state index contributed by atoms with van der Waals surface area (Å²) in [6, 6.07) is 3.89. The van der Waals surface area contributed by atoms with Crippen LogP contribution in [0, 0.1) is 12.8 Å². The highest BCUT2D eigenvalue weighted by atomic mass is 28.4. The van der Waals surface area contributed by atoms with Gasteiger partial charge in [-0.1, -0.05) is 33.8 Å². The molecule has 176 valence electrons. The van der Waals surface area contributed by atoms with Crippen molar-refractivity contribution < 1.29 is 33.6 Å². The predicted octanol–water partition coefficient (Wildman–Crippen LogP) is 3.75. The SMILES string of the molecule is CC(=O)O[C@H](CO)[C@H](C)[C@@H](c1cc(C)c2c(c1)OCO2)[C@H](CO)O[Si](C)(C)C(C)(C)C. The molecule has 0 saturated heterocycles. The summed E-state index contributed by atoms with van der Waals surface area (Å²) in [6.07, 6.45) is -1.27. The third kappa shape index (κ3) is 5.80. The molecule has 1 aliphatic rings. The lowest BCUT2D eigenvalue weighted by Crippen LogP contribution is -2.48. The Morgan fingerprint density at radius 2 is 1.77 bits per heavy atom. The van der Waals surface area contributed by atoms with Gasteiger partial charge in [-0.2, -0.15) is 0 Å². The van der Waals surface area contributed by atoms with Crippen molar-refractivity contribution in [2.24, 2.45) is 5.92 Å². The van der Waals surface area contributed by atoms with Crippen LogP contribution in [0.3, 0.4) is 0 Å². The maximum absolute atomic E-state index is 11.6. The van der Waals surface area contributed by atoms with E-state index >= 15 is 0 Å². The molecule has 2 rings (SSSR count). The van der Waals surface area contributed by atoms with E-state index in [0.717, 1.165) is 11.1 Å². The van der Waals surface area contributed by atoms with E-state index < -0.39 is 26.5 Å². The Hall–Kier alpha value is -1.61. The van der Waals surface area contributed by atoms with E-state index in [0.29, 0.717) is 11.5 Å². The summed E-state index contributed by atoms with van der Waals surface area (Å²) in [7, 11) is -2.23. The van der Waals surface area contributed by atoms with Gasteiger partial charge < -0.3 is 28.8 Å². The first-order valence-electron chi connectivity index (χ1n) is 10.8. The second kappa shape index (κ2) is 9.89. The first kappa shape index (κ1) is 25.6. The van der Waals surface area contributed by atoms with Crippen LogP contribution in [0.15, 0.2) is 12.1 Å². The summed E-state index contributed by atoms with van der Waals surface area (Å²) in [5.41, 5.74) is 1.80. The summed E-state index contributed by atoms with van der Waals surface area (Å²) in [6.45, 7) is 15.5. The van der Waals surface area contributed by atoms with Gasteiger partial charge in [-0.3, -0.25) is 4.79 Å². The number of esters is 1. The molecule has 0 unspecified atom stereocenters. The number of aliphatic hydroxyl groups excluding tert-OH is 2. The lowest BCUT2D eigenvalue weighted by Gasteiger charge is -2.43. The number of hydrogen-bond donors (Lipinski definition) is 2. The van der Waals surface area contributed by atoms with Gasteiger partial charge in [-0.15, -0.1) is 0 Å². The number of hydrogen-bond acceptors (Lipinski definition) is 7. The molecule has 31 heavy (non-hydrogen) atoms. The van der Waals surface area contributed by atoms with Crippen LogP contribution in [0.25, 0.3) is 0 Å². The van der Waals surface area contributed by atoms with Crippen molar-refractivity contribution in [3.8, 4) is 11.5 Å². The van der Waals surface area contributed by atoms with Crippen LogP contribution in [0.4, 0.5) is 0 Å². The molecule has 0 aromatic heterocycles. The van der Waals surface area contributed by atoms with E-state index in [2.05, 4.69) is 33.9 Å². The third-order valence-electron chi connectivity index (χ3n) is 6.55. The molecule has 0 amide bonds. The van der Waals surface area contributed by atoms with Gasteiger partial charge in [-0.25, -0.2) is 0 Å². The van der Waals surface area contributed by atoms with Gasteiger partial charge >= 0.3 is 5.97 Å². The molecule has 0 aliphatic carbocycles. The first-order chi connectivity index (χ1) is 14.3. The zero-order valence-electron chi connectivity index (χ0n) is 20.0. The molecule has 0 radical (unpaired) electrons. The summed E-state index contributed by atoms with van der Waals surface area (Å²) >= 11 is 0. The zero-order chi connectivity index (χ0) is 23.6. The molecular weight excluding hydrogens is 416 g/mol. The van der Waals surface area contributed by atoms with Crippen LogP contribution in [0.2, 0.25) is 18.1 Å². The zero-order valence-corrected chi connectivity index (χ0v) is 21.0. The van der Waals surface area contributed by atoms with E-state index in [-0.39, 0.29) is 36.9 Å². The molecule has 1 aromatic rings. The Kier molecular flexibility index (Phi) is 8.19. The van der Waals surface area contributed by atoms with Crippen molar-refractivity contribution in [2.45, 2.75) is 77.8 Å². The van der Waals surface area contributed by atoms with Crippen LogP contribution in [-0.2, 0) is 14.0 Å². The van der Waals surface area contributed by atoms with Gasteiger partial charge in [-0.05, 0) is 42.2 Å². The maximum atomic E-state index is 11.6. The highest BCUT2D eigenvalue weighted by Gasteiger charge is 2.43. The molecule has 8 heteroatoms. The number of benzene rings is 1. The number of aliphatic hydroxyl groups is 2. The second-order valence-electron chi connectivity index (χ2n) is 9.89. The number of carbonyl (C=O) groups is 1. The molecule has 1 aromatic carbocycles. The fourth-order valence-corrected chi connectivity index (χ4v) is 5.13. The van der Waals surface area contributed by atoms with E-state index in [1.165, 1.54) is 6.92 Å². The number of carbonyl (C=O) groups excluding carboxylic acids is 1. The molecule has 0 spiro atoms. The fraction of sp³-hybridized carbons (Fsp3) is 0.696. The normalized spacial score (nSPS) is 17.7. The quantitative estimate of drug-likeness (QED) is 0.433. The predicted molar refractivity (Wildman–Crippen MR) is 121 cm³/mol. The number of rotatable bonds is 9. The average molecular weight is 455 g/mol. The summed E-state index contributed by atoms with van der Waals surface area (Å²) < 4.78 is 23.2. The maximum Gasteiger partial charge on any atom is 0.302 e. The minimum Gasteiger partial charge on any atom is -0.460 e. The minimum atomic E-state index is -2.23. The first-order valence-corrected chi connectivity index (χ1v) is 13.7. The van der Waals surface area contributed by atoms with Crippen LogP contribution in [-0.4, -0.2) is 56.7 Å². The lowest BCUT2D eigenvalue weighted by atomic mass is 9.79. The number of fused-ring (bicyclic) bond motifs is 1. The van der Waals surface area contributed by atoms with E-state index in [9.17, 15) is 15.0 Å². The molecule has 2 N–H and O–H groups in total. The van der Waals surface area contributed by atoms with Crippen molar-refractivity contribution in [1.82, 2.24) is 0 Å². The lowest BCUT2D eigenvalue weighted by molar-refractivity contribution is -0.152. The summed E-state index contributed by atoms with van der Waals surface area (Å²) in [5, 5.41) is 20.3. The van der Waals surface area contributed by atoms with Gasteiger partial charge in [0.2, 0.25) is 6.79 Å². The molecule has 1 aliphatic heterocycles. The monoisotopic (exact) mass is 454 g/mol. The fourth-order valence-electron chi connectivity index (χ4n) is 3.80. The molecule has 4 atom stereocenters. The van der Waals surface area contributed by atoms with E-state index in [1.807, 2.05) is 26.0 Å². The van der Waals surface area contributed by atoms with Gasteiger partial charge in [0, 0.05) is 18.8 Å². The Balaban J connectivity index is 2.53. The Morgan fingerprint density at radius 3 is 2.29 bits per heavy atom. The topological polar surface area (TPSA) is 94.5 Å². The van der Waals surface area contributed by atoms with E-state index in [1.54, 1.807) is 0 Å². The van der Waals surface area contributed by atoms with Gasteiger partial charge in [0.05, 0.1) is 19.3 Å². The van der Waals surface area contributed by atoms with Crippen molar-refractivity contribution in [2.75, 3.05) is 20.0 Å². The summed E-state index contributed by atoms with van der Waals surface area (Å²) in [5.74, 6) is 0.223. The number of aryl methyl sites for hydroxylation is 1. The van der Waals surface area contributed by atoms with Gasteiger partial charge in [0.25, 0.3) is 0 Å². The van der Waals surface area contributed by atoms with Crippen molar-refractivity contribution in [1.29, 1.82) is 0 Å². The molecule has 1 heterocycles. The summed E-state index contributed by atoms with van der Waals surface area (Å²) in [4.78, 5) is 11.6. The molecule has 0 bridgehead atoms. The Bertz CT molecular complexity index is 772. The molecular formula is C23H38O7Si. The van der Waals surface area contributed by atoms with Gasteiger partial charge in [0.15, 0.2) is 19.8 Å². The van der Waals surface area contributed by atoms with Crippen LogP contribution in [0.1, 0.15) is 51.7 Å². The van der Waals surface area contributed by atoms with Crippen molar-refractivity contribution in [3.05, 3.63) is 23.3 Å². The smallest absolute Gasteiger partial charge is 0.302 e. The molecule has 7 nitrogen and oxygen atoms in total. The van der Waals surface area contributed by atoms with Crippen LogP contribution in [0.5, 0.6) is 11.5 Å². The largest absolute Gasteiger partial charge is 0.460 e. The highest BCUT2D eigenvalue weighted by molar-refractivity contribution is 6.74. The standard InChI is InChI=1S/C23H38O7Si/c1-14-9-17(10-18-22(14)28-13-27-18)21(15(2)19(11-24)29-16(3)26)20(12-25)30-31(7,8)23(4,5)6/h9-10,15,19-21,24-25H,11-13H2,1-8H3/t15-,19+,20-,21-/m0/s1. The third-order valence-corrected chi connectivity index (χ3v) is 11.1. The van der Waals surface area contributed by atoms with Gasteiger partial charge in [0.1, 0.15) is 6.10 Å². The van der Waals surface area contributed by atoms with E-state index in [4.69, 9.17) is 18.6 Å². The Morgan fingerprint density at radius 1 is 1.16 bits per heavy atom. The highest BCUT2D eigenvalue weighted by Crippen LogP contribution is 2.44. The van der Waals surface area contributed by atoms with Crippen molar-refractivity contribution in [3.63, 3.8) is 0 Å². The van der Waals surface area contributed by atoms with Crippen LogP contribution < -0.4 is 9.47 Å². The van der Waals surface area contributed by atoms with Crippen LogP contribution >= 0.6 is 0 Å². The van der Waals surface area contributed by atoms with Crippen molar-refractivity contribution >= 4 is 14.3 Å². The minimum absolute atomic E-state index is 0.0503. The molecule has 0 saturated carbocycles. The Labute approximate surface area is 186 Å². The average Bonchev–Trinajstić information content (AvgIpc) is 3.13.